The quantitative estimate of drug-likeness (QED) is 0.806. The molecule has 0 aliphatic heterocycles. The Kier molecular flexibility index (Phi) is 3.56. The molecule has 102 valence electrons. The van der Waals surface area contributed by atoms with Gasteiger partial charge in [-0.05, 0) is 42.1 Å². The molecule has 0 aliphatic carbocycles. The first kappa shape index (κ1) is 13.3. The highest BCUT2D eigenvalue weighted by molar-refractivity contribution is 7.13. The molecule has 2 heterocycles. The van der Waals surface area contributed by atoms with Crippen LogP contribution >= 0.6 is 22.9 Å². The number of nitrogens with zero attached hydrogens (tertiary/aromatic N) is 3. The molecular formula is C14H12ClN3OS. The van der Waals surface area contributed by atoms with Crippen LogP contribution < -0.4 is 0 Å². The van der Waals surface area contributed by atoms with E-state index in [0.29, 0.717) is 10.7 Å². The van der Waals surface area contributed by atoms with Crippen molar-refractivity contribution in [2.45, 2.75) is 13.5 Å². The van der Waals surface area contributed by atoms with Crippen LogP contribution in [0.2, 0.25) is 5.02 Å². The predicted molar refractivity (Wildman–Crippen MR) is 80.3 cm³/mol. The Labute approximate surface area is 125 Å². The molecule has 6 heteroatoms. The maximum atomic E-state index is 9.46. The summed E-state index contributed by atoms with van der Waals surface area (Å²) in [5, 5.41) is 20.4. The van der Waals surface area contributed by atoms with E-state index in [2.05, 4.69) is 10.3 Å². The Morgan fingerprint density at radius 1 is 1.35 bits per heavy atom. The number of aromatic nitrogens is 3. The highest BCUT2D eigenvalue weighted by atomic mass is 35.5. The minimum Gasteiger partial charge on any atom is -0.390 e. The molecular weight excluding hydrogens is 294 g/mol. The minimum atomic E-state index is -0.139. The molecule has 3 aromatic rings. The average molecular weight is 306 g/mol. The Balaban J connectivity index is 2.22. The summed E-state index contributed by atoms with van der Waals surface area (Å²) in [4.78, 5) is 1.02. The van der Waals surface area contributed by atoms with Crippen molar-refractivity contribution in [3.63, 3.8) is 0 Å². The van der Waals surface area contributed by atoms with E-state index in [9.17, 15) is 5.11 Å². The lowest BCUT2D eigenvalue weighted by atomic mass is 10.2. The molecule has 0 fully saturated rings. The van der Waals surface area contributed by atoms with Gasteiger partial charge in [0.2, 0.25) is 0 Å². The zero-order valence-corrected chi connectivity index (χ0v) is 12.3. The lowest BCUT2D eigenvalue weighted by Crippen LogP contribution is -2.01. The Morgan fingerprint density at radius 2 is 2.20 bits per heavy atom. The molecule has 1 N–H and O–H groups in total. The highest BCUT2D eigenvalue weighted by Gasteiger charge is 2.17. The van der Waals surface area contributed by atoms with Gasteiger partial charge < -0.3 is 5.11 Å². The molecule has 0 amide bonds. The molecule has 0 aliphatic rings. The van der Waals surface area contributed by atoms with E-state index in [0.717, 1.165) is 21.8 Å². The van der Waals surface area contributed by atoms with Crippen LogP contribution in [0.1, 0.15) is 11.3 Å². The van der Waals surface area contributed by atoms with Crippen molar-refractivity contribution in [2.24, 2.45) is 0 Å². The summed E-state index contributed by atoms with van der Waals surface area (Å²) in [6.45, 7) is 1.83. The number of halogens is 1. The second-order valence-electron chi connectivity index (χ2n) is 4.36. The summed E-state index contributed by atoms with van der Waals surface area (Å²) >= 11 is 7.58. The van der Waals surface area contributed by atoms with E-state index >= 15 is 0 Å². The average Bonchev–Trinajstić information content (AvgIpc) is 3.06. The second kappa shape index (κ2) is 5.36. The van der Waals surface area contributed by atoms with E-state index in [4.69, 9.17) is 11.6 Å². The first-order chi connectivity index (χ1) is 9.70. The molecule has 0 bridgehead atoms. The Bertz CT molecular complexity index is 737. The normalized spacial score (nSPS) is 10.9. The SMILES string of the molecule is Cc1cc(Cl)ccc1-n1nnc(CO)c1-c1cccs1. The smallest absolute Gasteiger partial charge is 0.117 e. The monoisotopic (exact) mass is 305 g/mol. The van der Waals surface area contributed by atoms with Crippen LogP contribution in [-0.2, 0) is 6.61 Å². The van der Waals surface area contributed by atoms with Crippen molar-refractivity contribution in [2.75, 3.05) is 0 Å². The third-order valence-electron chi connectivity index (χ3n) is 3.03. The van der Waals surface area contributed by atoms with E-state index in [1.54, 1.807) is 16.0 Å². The van der Waals surface area contributed by atoms with E-state index in [1.165, 1.54) is 0 Å². The van der Waals surface area contributed by atoms with Gasteiger partial charge >= 0.3 is 0 Å². The number of hydrogen-bond acceptors (Lipinski definition) is 4. The second-order valence-corrected chi connectivity index (χ2v) is 5.75. The lowest BCUT2D eigenvalue weighted by molar-refractivity contribution is 0.277. The van der Waals surface area contributed by atoms with Crippen LogP contribution in [0.25, 0.3) is 16.3 Å². The van der Waals surface area contributed by atoms with Crippen molar-refractivity contribution in [1.82, 2.24) is 15.0 Å². The molecule has 20 heavy (non-hydrogen) atoms. The van der Waals surface area contributed by atoms with Crippen molar-refractivity contribution in [1.29, 1.82) is 0 Å². The van der Waals surface area contributed by atoms with Gasteiger partial charge in [0, 0.05) is 5.02 Å². The van der Waals surface area contributed by atoms with E-state index in [-0.39, 0.29) is 6.61 Å². The van der Waals surface area contributed by atoms with Crippen molar-refractivity contribution in [3.05, 3.63) is 52.0 Å². The minimum absolute atomic E-state index is 0.139. The summed E-state index contributed by atoms with van der Waals surface area (Å²) in [7, 11) is 0. The van der Waals surface area contributed by atoms with Crippen LogP contribution in [0.3, 0.4) is 0 Å². The molecule has 0 unspecified atom stereocenters. The highest BCUT2D eigenvalue weighted by Crippen LogP contribution is 2.30. The van der Waals surface area contributed by atoms with Crippen LogP contribution in [0.15, 0.2) is 35.7 Å². The van der Waals surface area contributed by atoms with E-state index < -0.39 is 0 Å². The molecule has 0 atom stereocenters. The largest absolute Gasteiger partial charge is 0.390 e. The third kappa shape index (κ3) is 2.24. The summed E-state index contributed by atoms with van der Waals surface area (Å²) in [5.41, 5.74) is 3.31. The number of benzene rings is 1. The number of rotatable bonds is 3. The molecule has 1 aromatic carbocycles. The fourth-order valence-corrected chi connectivity index (χ4v) is 3.11. The molecule has 3 rings (SSSR count). The van der Waals surface area contributed by atoms with Gasteiger partial charge in [-0.15, -0.1) is 16.4 Å². The Morgan fingerprint density at radius 3 is 2.85 bits per heavy atom. The fraction of sp³-hybridized carbons (Fsp3) is 0.143. The maximum Gasteiger partial charge on any atom is 0.117 e. The molecule has 4 nitrogen and oxygen atoms in total. The fourth-order valence-electron chi connectivity index (χ4n) is 2.10. The van der Waals surface area contributed by atoms with Crippen molar-refractivity contribution < 1.29 is 5.11 Å². The van der Waals surface area contributed by atoms with Crippen LogP contribution in [-0.4, -0.2) is 20.1 Å². The van der Waals surface area contributed by atoms with Gasteiger partial charge in [-0.3, -0.25) is 0 Å². The zero-order chi connectivity index (χ0) is 14.1. The van der Waals surface area contributed by atoms with Gasteiger partial charge in [0.05, 0.1) is 17.2 Å². The van der Waals surface area contributed by atoms with Gasteiger partial charge in [-0.2, -0.15) is 0 Å². The van der Waals surface area contributed by atoms with Gasteiger partial charge in [0.25, 0.3) is 0 Å². The molecule has 0 spiro atoms. The zero-order valence-electron chi connectivity index (χ0n) is 10.7. The number of aryl methyl sites for hydroxylation is 1. The third-order valence-corrected chi connectivity index (χ3v) is 4.14. The molecule has 0 radical (unpaired) electrons. The maximum absolute atomic E-state index is 9.46. The van der Waals surface area contributed by atoms with Crippen LogP contribution in [0, 0.1) is 6.92 Å². The Hall–Kier alpha value is -1.69. The standard InChI is InChI=1S/C14H12ClN3OS/c1-9-7-10(15)4-5-12(9)18-14(11(8-19)16-17-18)13-3-2-6-20-13/h2-7,19H,8H2,1H3. The molecule has 0 saturated carbocycles. The van der Waals surface area contributed by atoms with Gasteiger partial charge in [-0.1, -0.05) is 22.9 Å². The lowest BCUT2D eigenvalue weighted by Gasteiger charge is -2.09. The van der Waals surface area contributed by atoms with Crippen LogP contribution in [0.5, 0.6) is 0 Å². The summed E-state index contributed by atoms with van der Waals surface area (Å²) in [6, 6.07) is 9.57. The molecule has 2 aromatic heterocycles. The van der Waals surface area contributed by atoms with Gasteiger partial charge in [0.15, 0.2) is 0 Å². The van der Waals surface area contributed by atoms with Gasteiger partial charge in [-0.25, -0.2) is 4.68 Å². The summed E-state index contributed by atoms with van der Waals surface area (Å²) in [5.74, 6) is 0. The van der Waals surface area contributed by atoms with E-state index in [1.807, 2.05) is 42.6 Å². The topological polar surface area (TPSA) is 50.9 Å². The number of hydrogen-bond donors (Lipinski definition) is 1. The first-order valence-electron chi connectivity index (χ1n) is 6.06. The predicted octanol–water partition coefficient (Wildman–Crippen LogP) is 3.45. The van der Waals surface area contributed by atoms with Crippen molar-refractivity contribution >= 4 is 22.9 Å². The number of thiophene rings is 1. The summed E-state index contributed by atoms with van der Waals surface area (Å²) in [6.07, 6.45) is 0. The summed E-state index contributed by atoms with van der Waals surface area (Å²) < 4.78 is 1.75. The van der Waals surface area contributed by atoms with Gasteiger partial charge in [0.1, 0.15) is 11.4 Å². The molecule has 0 saturated heterocycles. The first-order valence-corrected chi connectivity index (χ1v) is 7.32. The van der Waals surface area contributed by atoms with Crippen LogP contribution in [0.4, 0.5) is 0 Å². The van der Waals surface area contributed by atoms with Crippen molar-refractivity contribution in [3.8, 4) is 16.3 Å². The number of aliphatic hydroxyl groups excluding tert-OH is 1. The number of aliphatic hydroxyl groups is 1.